The van der Waals surface area contributed by atoms with Crippen molar-refractivity contribution in [2.75, 3.05) is 0 Å². The zero-order valence-corrected chi connectivity index (χ0v) is 11.6. The summed E-state index contributed by atoms with van der Waals surface area (Å²) in [7, 11) is 0. The van der Waals surface area contributed by atoms with Crippen LogP contribution in [0.2, 0.25) is 0 Å². The van der Waals surface area contributed by atoms with E-state index in [9.17, 15) is 0 Å². The monoisotopic (exact) mass is 294 g/mol. The van der Waals surface area contributed by atoms with Crippen molar-refractivity contribution in [2.45, 2.75) is 39.3 Å². The molecule has 0 saturated heterocycles. The maximum Gasteiger partial charge on any atom is 0.0951 e. The number of halogens is 1. The average Bonchev–Trinajstić information content (AvgIpc) is 3.01. The third kappa shape index (κ3) is 1.92. The number of nitrogens with zero attached hydrogens (tertiary/aromatic N) is 4. The van der Waals surface area contributed by atoms with Crippen LogP contribution >= 0.6 is 15.9 Å². The van der Waals surface area contributed by atoms with Gasteiger partial charge in [0.05, 0.1) is 40.6 Å². The van der Waals surface area contributed by atoms with E-state index in [1.165, 1.54) is 24.2 Å². The Balaban J connectivity index is 1.90. The summed E-state index contributed by atoms with van der Waals surface area (Å²) in [5, 5.41) is 4.53. The van der Waals surface area contributed by atoms with E-state index in [1.54, 1.807) is 0 Å². The van der Waals surface area contributed by atoms with Crippen LogP contribution in [-0.2, 0) is 6.54 Å². The minimum Gasteiger partial charge on any atom is -0.330 e. The minimum absolute atomic E-state index is 0.674. The Morgan fingerprint density at radius 2 is 2.18 bits per heavy atom. The summed E-state index contributed by atoms with van der Waals surface area (Å²) in [5.41, 5.74) is 3.46. The molecule has 0 aliphatic heterocycles. The highest BCUT2D eigenvalue weighted by atomic mass is 79.9. The van der Waals surface area contributed by atoms with Gasteiger partial charge < -0.3 is 4.57 Å². The van der Waals surface area contributed by atoms with Crippen LogP contribution < -0.4 is 0 Å². The molecular weight excluding hydrogens is 280 g/mol. The van der Waals surface area contributed by atoms with Crippen LogP contribution in [0.25, 0.3) is 0 Å². The fraction of sp³-hybridized carbons (Fsp3) is 0.500. The highest BCUT2D eigenvalue weighted by molar-refractivity contribution is 9.10. The number of aromatic nitrogens is 4. The van der Waals surface area contributed by atoms with Crippen LogP contribution in [0.15, 0.2) is 17.0 Å². The van der Waals surface area contributed by atoms with E-state index in [0.717, 1.165) is 16.7 Å². The second kappa shape index (κ2) is 3.98. The van der Waals surface area contributed by atoms with Crippen LogP contribution in [0.1, 0.15) is 36.0 Å². The molecule has 2 heterocycles. The minimum atomic E-state index is 0.674. The number of aryl methyl sites for hydroxylation is 1. The molecule has 3 rings (SSSR count). The predicted octanol–water partition coefficient (Wildman–Crippen LogP) is 2.84. The van der Waals surface area contributed by atoms with Crippen LogP contribution in [0, 0.1) is 13.8 Å². The van der Waals surface area contributed by atoms with Crippen molar-refractivity contribution in [3.05, 3.63) is 34.1 Å². The van der Waals surface area contributed by atoms with Crippen LogP contribution in [0.5, 0.6) is 0 Å². The largest absolute Gasteiger partial charge is 0.330 e. The lowest BCUT2D eigenvalue weighted by Gasteiger charge is -2.08. The van der Waals surface area contributed by atoms with Gasteiger partial charge in [0.15, 0.2) is 0 Å². The first-order valence-corrected chi connectivity index (χ1v) is 6.66. The van der Waals surface area contributed by atoms with E-state index >= 15 is 0 Å². The van der Waals surface area contributed by atoms with E-state index in [0.29, 0.717) is 6.04 Å². The summed E-state index contributed by atoms with van der Waals surface area (Å²) in [6, 6.07) is 0.674. The Kier molecular flexibility index (Phi) is 2.58. The summed E-state index contributed by atoms with van der Waals surface area (Å²) >= 11 is 3.56. The first kappa shape index (κ1) is 11.0. The smallest absolute Gasteiger partial charge is 0.0951 e. The molecule has 0 bridgehead atoms. The summed E-state index contributed by atoms with van der Waals surface area (Å²) < 4.78 is 5.43. The molecule has 2 aromatic heterocycles. The molecule has 0 aromatic carbocycles. The summed E-state index contributed by atoms with van der Waals surface area (Å²) in [6.45, 7) is 4.91. The van der Waals surface area contributed by atoms with Crippen molar-refractivity contribution < 1.29 is 0 Å². The summed E-state index contributed by atoms with van der Waals surface area (Å²) in [5.74, 6) is 0. The molecule has 1 aliphatic rings. The van der Waals surface area contributed by atoms with Crippen LogP contribution in [-0.4, -0.2) is 19.3 Å². The first-order valence-electron chi connectivity index (χ1n) is 5.87. The predicted molar refractivity (Wildman–Crippen MR) is 69.0 cm³/mol. The van der Waals surface area contributed by atoms with Crippen molar-refractivity contribution in [1.82, 2.24) is 19.3 Å². The fourth-order valence-electron chi connectivity index (χ4n) is 2.12. The topological polar surface area (TPSA) is 35.6 Å². The Hall–Kier alpha value is -1.10. The maximum atomic E-state index is 4.53. The second-order valence-corrected chi connectivity index (χ2v) is 5.46. The molecule has 0 unspecified atom stereocenters. The SMILES string of the molecule is Cc1nn(Cc2cncn2C2CC2)c(C)c1Br. The lowest BCUT2D eigenvalue weighted by Crippen LogP contribution is -2.08. The fourth-order valence-corrected chi connectivity index (χ4v) is 2.40. The number of hydrogen-bond donors (Lipinski definition) is 0. The van der Waals surface area contributed by atoms with Crippen molar-refractivity contribution in [2.24, 2.45) is 0 Å². The number of hydrogen-bond acceptors (Lipinski definition) is 2. The third-order valence-electron chi connectivity index (χ3n) is 3.29. The molecule has 90 valence electrons. The molecule has 0 amide bonds. The van der Waals surface area contributed by atoms with Crippen molar-refractivity contribution in [3.63, 3.8) is 0 Å². The molecule has 1 saturated carbocycles. The second-order valence-electron chi connectivity index (χ2n) is 4.67. The van der Waals surface area contributed by atoms with E-state index in [1.807, 2.05) is 24.1 Å². The van der Waals surface area contributed by atoms with Gasteiger partial charge in [-0.3, -0.25) is 4.68 Å². The van der Waals surface area contributed by atoms with Crippen molar-refractivity contribution in [3.8, 4) is 0 Å². The molecular formula is C12H15BrN4. The molecule has 0 spiro atoms. The van der Waals surface area contributed by atoms with E-state index < -0.39 is 0 Å². The third-order valence-corrected chi connectivity index (χ3v) is 4.44. The molecule has 4 nitrogen and oxygen atoms in total. The van der Waals surface area contributed by atoms with Gasteiger partial charge in [-0.05, 0) is 42.6 Å². The zero-order chi connectivity index (χ0) is 12.0. The first-order chi connectivity index (χ1) is 8.16. The van der Waals surface area contributed by atoms with Crippen molar-refractivity contribution >= 4 is 15.9 Å². The van der Waals surface area contributed by atoms with E-state index in [4.69, 9.17) is 0 Å². The van der Waals surface area contributed by atoms with Gasteiger partial charge in [0.2, 0.25) is 0 Å². The quantitative estimate of drug-likeness (QED) is 0.873. The normalized spacial score (nSPS) is 15.5. The van der Waals surface area contributed by atoms with Gasteiger partial charge in [-0.2, -0.15) is 5.10 Å². The van der Waals surface area contributed by atoms with E-state index in [-0.39, 0.29) is 0 Å². The summed E-state index contributed by atoms with van der Waals surface area (Å²) in [6.07, 6.45) is 6.45. The van der Waals surface area contributed by atoms with Crippen LogP contribution in [0.3, 0.4) is 0 Å². The number of rotatable bonds is 3. The molecule has 5 heteroatoms. The zero-order valence-electron chi connectivity index (χ0n) is 10.0. The highest BCUT2D eigenvalue weighted by Gasteiger charge is 2.25. The van der Waals surface area contributed by atoms with Gasteiger partial charge in [0.25, 0.3) is 0 Å². The Morgan fingerprint density at radius 1 is 1.41 bits per heavy atom. The lowest BCUT2D eigenvalue weighted by molar-refractivity contribution is 0.600. The van der Waals surface area contributed by atoms with Gasteiger partial charge in [-0.25, -0.2) is 4.98 Å². The van der Waals surface area contributed by atoms with Gasteiger partial charge in [0.1, 0.15) is 0 Å². The van der Waals surface area contributed by atoms with Gasteiger partial charge in [0, 0.05) is 6.04 Å². The molecule has 1 aliphatic carbocycles. The molecule has 17 heavy (non-hydrogen) atoms. The standard InChI is InChI=1S/C12H15BrN4/c1-8-12(13)9(2)17(15-8)6-11-5-14-7-16(11)10-3-4-10/h5,7,10H,3-4,6H2,1-2H3. The molecule has 1 fully saturated rings. The molecule has 0 N–H and O–H groups in total. The van der Waals surface area contributed by atoms with E-state index in [2.05, 4.69) is 37.5 Å². The Morgan fingerprint density at radius 3 is 2.76 bits per heavy atom. The van der Waals surface area contributed by atoms with Crippen LogP contribution in [0.4, 0.5) is 0 Å². The molecule has 0 atom stereocenters. The lowest BCUT2D eigenvalue weighted by atomic mass is 10.4. The van der Waals surface area contributed by atoms with Gasteiger partial charge in [-0.15, -0.1) is 0 Å². The maximum absolute atomic E-state index is 4.53. The average molecular weight is 295 g/mol. The Labute approximate surface area is 109 Å². The highest BCUT2D eigenvalue weighted by Crippen LogP contribution is 2.35. The van der Waals surface area contributed by atoms with Crippen molar-refractivity contribution in [1.29, 1.82) is 0 Å². The number of imidazole rings is 1. The van der Waals surface area contributed by atoms with Gasteiger partial charge >= 0.3 is 0 Å². The van der Waals surface area contributed by atoms with Gasteiger partial charge in [-0.1, -0.05) is 0 Å². The molecule has 0 radical (unpaired) electrons. The Bertz CT molecular complexity index is 551. The molecule has 2 aromatic rings. The summed E-state index contributed by atoms with van der Waals surface area (Å²) in [4.78, 5) is 4.25.